The van der Waals surface area contributed by atoms with Crippen molar-refractivity contribution in [2.45, 2.75) is 13.3 Å². The van der Waals surface area contributed by atoms with Crippen LogP contribution in [0.2, 0.25) is 0 Å². The highest BCUT2D eigenvalue weighted by atomic mass is 19.1. The molecule has 0 unspecified atom stereocenters. The molecule has 6 heteroatoms. The zero-order chi connectivity index (χ0) is 19.8. The molecule has 5 nitrogen and oxygen atoms in total. The van der Waals surface area contributed by atoms with Gasteiger partial charge in [-0.25, -0.2) is 4.39 Å². The first-order chi connectivity index (χ1) is 13.7. The molecule has 2 N–H and O–H groups in total. The lowest BCUT2D eigenvalue weighted by Gasteiger charge is -2.34. The molecule has 1 amide bonds. The van der Waals surface area contributed by atoms with Gasteiger partial charge in [-0.1, -0.05) is 30.3 Å². The van der Waals surface area contributed by atoms with Crippen molar-refractivity contribution in [1.82, 2.24) is 5.32 Å². The first-order valence-electron chi connectivity index (χ1n) is 9.98. The average Bonchev–Trinajstić information content (AvgIpc) is 2.71. The first kappa shape index (κ1) is 20.1. The number of rotatable bonds is 8. The van der Waals surface area contributed by atoms with Crippen LogP contribution in [0.3, 0.4) is 0 Å². The second-order valence-corrected chi connectivity index (χ2v) is 7.01. The number of quaternary nitrogens is 1. The minimum atomic E-state index is -0.217. The molecule has 1 saturated heterocycles. The van der Waals surface area contributed by atoms with Crippen LogP contribution in [0, 0.1) is 5.82 Å². The Hall–Kier alpha value is -2.60. The van der Waals surface area contributed by atoms with E-state index in [9.17, 15) is 9.18 Å². The number of halogens is 1. The Morgan fingerprint density at radius 1 is 1.14 bits per heavy atom. The SMILES string of the molecule is CCOc1ccccc1N1CC[NH+](CC(=O)NCCc2ccccc2F)CC1. The molecule has 1 aliphatic rings. The lowest BCUT2D eigenvalue weighted by Crippen LogP contribution is -3.16. The highest BCUT2D eigenvalue weighted by molar-refractivity contribution is 5.76. The fourth-order valence-corrected chi connectivity index (χ4v) is 3.56. The number of amides is 1. The number of hydrogen-bond donors (Lipinski definition) is 2. The fourth-order valence-electron chi connectivity index (χ4n) is 3.56. The minimum absolute atomic E-state index is 0.0227. The Morgan fingerprint density at radius 3 is 2.61 bits per heavy atom. The van der Waals surface area contributed by atoms with E-state index in [1.807, 2.05) is 31.2 Å². The van der Waals surface area contributed by atoms with Gasteiger partial charge in [0.2, 0.25) is 0 Å². The molecule has 1 aliphatic heterocycles. The zero-order valence-electron chi connectivity index (χ0n) is 16.4. The average molecular weight is 386 g/mol. The van der Waals surface area contributed by atoms with Crippen LogP contribution in [0.5, 0.6) is 5.75 Å². The van der Waals surface area contributed by atoms with Crippen LogP contribution in [0.4, 0.5) is 10.1 Å². The summed E-state index contributed by atoms with van der Waals surface area (Å²) in [5.41, 5.74) is 1.76. The topological polar surface area (TPSA) is 46.0 Å². The molecule has 0 aliphatic carbocycles. The monoisotopic (exact) mass is 386 g/mol. The van der Waals surface area contributed by atoms with Gasteiger partial charge in [0.25, 0.3) is 5.91 Å². The van der Waals surface area contributed by atoms with Crippen molar-refractivity contribution in [3.05, 3.63) is 59.9 Å². The van der Waals surface area contributed by atoms with Crippen molar-refractivity contribution in [2.24, 2.45) is 0 Å². The molecule has 3 rings (SSSR count). The third kappa shape index (κ3) is 5.45. The largest absolute Gasteiger partial charge is 0.492 e. The van der Waals surface area contributed by atoms with Gasteiger partial charge in [-0.15, -0.1) is 0 Å². The van der Waals surface area contributed by atoms with E-state index in [0.717, 1.165) is 37.6 Å². The lowest BCUT2D eigenvalue weighted by molar-refractivity contribution is -0.892. The molecule has 0 radical (unpaired) electrons. The number of nitrogens with zero attached hydrogens (tertiary/aromatic N) is 1. The predicted octanol–water partition coefficient (Wildman–Crippen LogP) is 1.29. The summed E-state index contributed by atoms with van der Waals surface area (Å²) in [6.45, 7) is 7.14. The van der Waals surface area contributed by atoms with Gasteiger partial charge in [0.15, 0.2) is 6.54 Å². The van der Waals surface area contributed by atoms with Crippen molar-refractivity contribution >= 4 is 11.6 Å². The third-order valence-electron chi connectivity index (χ3n) is 5.06. The molecule has 0 saturated carbocycles. The maximum absolute atomic E-state index is 13.6. The van der Waals surface area contributed by atoms with Crippen LogP contribution in [-0.4, -0.2) is 51.8 Å². The normalized spacial score (nSPS) is 14.7. The summed E-state index contributed by atoms with van der Waals surface area (Å²) in [5, 5.41) is 2.91. The smallest absolute Gasteiger partial charge is 0.275 e. The number of carbonyl (C=O) groups is 1. The molecule has 0 atom stereocenters. The predicted molar refractivity (Wildman–Crippen MR) is 109 cm³/mol. The molecule has 2 aromatic rings. The molecule has 2 aromatic carbocycles. The summed E-state index contributed by atoms with van der Waals surface area (Å²) in [4.78, 5) is 15.8. The van der Waals surface area contributed by atoms with E-state index in [0.29, 0.717) is 31.7 Å². The second-order valence-electron chi connectivity index (χ2n) is 7.01. The Morgan fingerprint density at radius 2 is 1.86 bits per heavy atom. The van der Waals surface area contributed by atoms with Crippen molar-refractivity contribution in [3.63, 3.8) is 0 Å². The van der Waals surface area contributed by atoms with Crippen LogP contribution in [0.15, 0.2) is 48.5 Å². The van der Waals surface area contributed by atoms with Gasteiger partial charge in [-0.3, -0.25) is 4.79 Å². The first-order valence-corrected chi connectivity index (χ1v) is 9.98. The number of para-hydroxylation sites is 2. The van der Waals surface area contributed by atoms with E-state index in [2.05, 4.69) is 16.3 Å². The van der Waals surface area contributed by atoms with Gasteiger partial charge in [0, 0.05) is 6.54 Å². The molecule has 0 aromatic heterocycles. The molecule has 1 heterocycles. The van der Waals surface area contributed by atoms with E-state index < -0.39 is 0 Å². The van der Waals surface area contributed by atoms with Crippen LogP contribution in [-0.2, 0) is 11.2 Å². The maximum atomic E-state index is 13.6. The van der Waals surface area contributed by atoms with Gasteiger partial charge in [0.1, 0.15) is 11.6 Å². The van der Waals surface area contributed by atoms with Crippen LogP contribution in [0.25, 0.3) is 0 Å². The van der Waals surface area contributed by atoms with Crippen molar-refractivity contribution in [1.29, 1.82) is 0 Å². The summed E-state index contributed by atoms with van der Waals surface area (Å²) < 4.78 is 19.3. The van der Waals surface area contributed by atoms with Gasteiger partial charge in [-0.05, 0) is 37.1 Å². The highest BCUT2D eigenvalue weighted by Crippen LogP contribution is 2.27. The molecular formula is C22H29FN3O2+. The zero-order valence-corrected chi connectivity index (χ0v) is 16.4. The quantitative estimate of drug-likeness (QED) is 0.719. The Labute approximate surface area is 166 Å². The maximum Gasteiger partial charge on any atom is 0.275 e. The van der Waals surface area contributed by atoms with Crippen LogP contribution < -0.4 is 19.9 Å². The Bertz CT molecular complexity index is 776. The molecule has 0 bridgehead atoms. The summed E-state index contributed by atoms with van der Waals surface area (Å²) in [7, 11) is 0. The Balaban J connectivity index is 1.42. The molecule has 28 heavy (non-hydrogen) atoms. The highest BCUT2D eigenvalue weighted by Gasteiger charge is 2.23. The van der Waals surface area contributed by atoms with E-state index >= 15 is 0 Å². The van der Waals surface area contributed by atoms with Gasteiger partial charge in [-0.2, -0.15) is 0 Å². The number of ether oxygens (including phenoxy) is 1. The van der Waals surface area contributed by atoms with Crippen LogP contribution >= 0.6 is 0 Å². The van der Waals surface area contributed by atoms with E-state index in [-0.39, 0.29) is 11.7 Å². The van der Waals surface area contributed by atoms with Gasteiger partial charge < -0.3 is 19.9 Å². The summed E-state index contributed by atoms with van der Waals surface area (Å²) in [6, 6.07) is 14.8. The molecular weight excluding hydrogens is 357 g/mol. The minimum Gasteiger partial charge on any atom is -0.492 e. The summed E-state index contributed by atoms with van der Waals surface area (Å²) in [5.74, 6) is 0.722. The molecule has 150 valence electrons. The number of carbonyl (C=O) groups excluding carboxylic acids is 1. The number of piperazine rings is 1. The second kappa shape index (κ2) is 10.1. The van der Waals surface area contributed by atoms with Crippen molar-refractivity contribution in [3.8, 4) is 5.75 Å². The molecule has 1 fully saturated rings. The van der Waals surface area contributed by atoms with Crippen LogP contribution in [0.1, 0.15) is 12.5 Å². The van der Waals surface area contributed by atoms with Crippen molar-refractivity contribution < 1.29 is 18.8 Å². The summed E-state index contributed by atoms with van der Waals surface area (Å²) in [6.07, 6.45) is 0.510. The van der Waals surface area contributed by atoms with Crippen molar-refractivity contribution in [2.75, 3.05) is 50.8 Å². The van der Waals surface area contributed by atoms with E-state index in [1.165, 1.54) is 11.0 Å². The van der Waals surface area contributed by atoms with Gasteiger partial charge in [0.05, 0.1) is 38.5 Å². The molecule has 0 spiro atoms. The summed E-state index contributed by atoms with van der Waals surface area (Å²) >= 11 is 0. The number of nitrogens with one attached hydrogen (secondary N) is 2. The van der Waals surface area contributed by atoms with Gasteiger partial charge >= 0.3 is 0 Å². The fraction of sp³-hybridized carbons (Fsp3) is 0.409. The standard InChI is InChI=1S/C22H28FN3O2/c1-2-28-21-10-6-5-9-20(21)26-15-13-25(14-16-26)17-22(27)24-12-11-18-7-3-4-8-19(18)23/h3-10H,2,11-17H2,1H3,(H,24,27)/p+1. The Kier molecular flexibility index (Phi) is 7.25. The lowest BCUT2D eigenvalue weighted by atomic mass is 10.1. The number of anilines is 1. The van der Waals surface area contributed by atoms with E-state index in [1.54, 1.807) is 12.1 Å². The van der Waals surface area contributed by atoms with E-state index in [4.69, 9.17) is 4.74 Å². The number of hydrogen-bond acceptors (Lipinski definition) is 3. The third-order valence-corrected chi connectivity index (χ3v) is 5.06. The number of benzene rings is 2.